The van der Waals surface area contributed by atoms with Gasteiger partial charge in [0.2, 0.25) is 5.91 Å². The second kappa shape index (κ2) is 8.93. The SMILES string of the molecule is CN(C)CCCN(CCCN(C)C)C(=O)C(C)(C)Br. The Bertz CT molecular complexity index is 248. The van der Waals surface area contributed by atoms with Crippen LogP contribution in [0.3, 0.4) is 0 Å². The molecule has 0 heterocycles. The lowest BCUT2D eigenvalue weighted by Crippen LogP contribution is -2.43. The molecule has 0 aliphatic rings. The molecule has 0 aliphatic heterocycles. The quantitative estimate of drug-likeness (QED) is 0.602. The molecule has 0 saturated carbocycles. The maximum Gasteiger partial charge on any atom is 0.238 e. The van der Waals surface area contributed by atoms with E-state index in [4.69, 9.17) is 0 Å². The number of alkyl halides is 1. The van der Waals surface area contributed by atoms with E-state index in [9.17, 15) is 4.79 Å². The highest BCUT2D eigenvalue weighted by Crippen LogP contribution is 2.19. The van der Waals surface area contributed by atoms with Crippen LogP contribution in [0.5, 0.6) is 0 Å². The molecule has 1 amide bonds. The third-order valence-electron chi connectivity index (χ3n) is 2.86. The molecule has 5 heteroatoms. The van der Waals surface area contributed by atoms with Crippen LogP contribution >= 0.6 is 15.9 Å². The first-order valence-electron chi connectivity index (χ1n) is 6.92. The van der Waals surface area contributed by atoms with Crippen LogP contribution in [-0.4, -0.2) is 79.3 Å². The fraction of sp³-hybridized carbons (Fsp3) is 0.929. The molecule has 0 rings (SSSR count). The maximum absolute atomic E-state index is 12.4. The van der Waals surface area contributed by atoms with Gasteiger partial charge in [-0.1, -0.05) is 15.9 Å². The van der Waals surface area contributed by atoms with Gasteiger partial charge < -0.3 is 14.7 Å². The third kappa shape index (κ3) is 9.41. The summed E-state index contributed by atoms with van der Waals surface area (Å²) in [4.78, 5) is 18.7. The van der Waals surface area contributed by atoms with Crippen molar-refractivity contribution >= 4 is 21.8 Å². The fourth-order valence-corrected chi connectivity index (χ4v) is 2.10. The summed E-state index contributed by atoms with van der Waals surface area (Å²) in [6, 6.07) is 0. The lowest BCUT2D eigenvalue weighted by atomic mass is 10.1. The molecular formula is C14H30BrN3O. The summed E-state index contributed by atoms with van der Waals surface area (Å²) in [7, 11) is 8.25. The molecule has 0 fully saturated rings. The highest BCUT2D eigenvalue weighted by Gasteiger charge is 2.28. The first kappa shape index (κ1) is 18.9. The van der Waals surface area contributed by atoms with Crippen LogP contribution in [0, 0.1) is 0 Å². The van der Waals surface area contributed by atoms with E-state index in [0.717, 1.165) is 39.0 Å². The highest BCUT2D eigenvalue weighted by atomic mass is 79.9. The molecule has 0 saturated heterocycles. The number of carbonyl (C=O) groups excluding carboxylic acids is 1. The Morgan fingerprint density at radius 2 is 1.26 bits per heavy atom. The minimum Gasteiger partial charge on any atom is -0.341 e. The topological polar surface area (TPSA) is 26.8 Å². The summed E-state index contributed by atoms with van der Waals surface area (Å²) in [6.45, 7) is 7.53. The van der Waals surface area contributed by atoms with Gasteiger partial charge in [0.25, 0.3) is 0 Å². The summed E-state index contributed by atoms with van der Waals surface area (Å²) in [5.74, 6) is 0.185. The van der Waals surface area contributed by atoms with Crippen LogP contribution in [0.4, 0.5) is 0 Å². The van der Waals surface area contributed by atoms with Crippen molar-refractivity contribution in [3.63, 3.8) is 0 Å². The molecule has 114 valence electrons. The van der Waals surface area contributed by atoms with Crippen LogP contribution in [0.2, 0.25) is 0 Å². The minimum atomic E-state index is -0.469. The van der Waals surface area contributed by atoms with E-state index in [2.05, 4.69) is 53.9 Å². The third-order valence-corrected chi connectivity index (χ3v) is 3.20. The average Bonchev–Trinajstić information content (AvgIpc) is 2.23. The van der Waals surface area contributed by atoms with E-state index in [0.29, 0.717) is 0 Å². The van der Waals surface area contributed by atoms with Gasteiger partial charge in [0, 0.05) is 13.1 Å². The van der Waals surface area contributed by atoms with Gasteiger partial charge in [-0.15, -0.1) is 0 Å². The van der Waals surface area contributed by atoms with Crippen molar-refractivity contribution in [3.05, 3.63) is 0 Å². The number of hydrogen-bond donors (Lipinski definition) is 0. The summed E-state index contributed by atoms with van der Waals surface area (Å²) >= 11 is 3.47. The fourth-order valence-electron chi connectivity index (χ4n) is 1.85. The van der Waals surface area contributed by atoms with E-state index in [1.165, 1.54) is 0 Å². The second-order valence-corrected chi connectivity index (χ2v) is 8.06. The molecule has 0 spiro atoms. The Kier molecular flexibility index (Phi) is 8.86. The van der Waals surface area contributed by atoms with E-state index < -0.39 is 4.32 Å². The Morgan fingerprint density at radius 1 is 0.895 bits per heavy atom. The van der Waals surface area contributed by atoms with E-state index in [1.54, 1.807) is 0 Å². The van der Waals surface area contributed by atoms with Gasteiger partial charge >= 0.3 is 0 Å². The van der Waals surface area contributed by atoms with Gasteiger partial charge in [-0.05, 0) is 68.0 Å². The molecule has 0 aromatic heterocycles. The van der Waals surface area contributed by atoms with E-state index >= 15 is 0 Å². The summed E-state index contributed by atoms with van der Waals surface area (Å²) in [6.07, 6.45) is 2.04. The van der Waals surface area contributed by atoms with E-state index in [1.807, 2.05) is 18.7 Å². The molecule has 4 nitrogen and oxygen atoms in total. The van der Waals surface area contributed by atoms with Gasteiger partial charge in [0.15, 0.2) is 0 Å². The Labute approximate surface area is 127 Å². The Balaban J connectivity index is 4.34. The van der Waals surface area contributed by atoms with Gasteiger partial charge in [-0.25, -0.2) is 0 Å². The number of hydrogen-bond acceptors (Lipinski definition) is 3. The van der Waals surface area contributed by atoms with Crippen LogP contribution in [0.15, 0.2) is 0 Å². The zero-order valence-electron chi connectivity index (χ0n) is 13.4. The van der Waals surface area contributed by atoms with Crippen molar-refractivity contribution in [2.75, 3.05) is 54.4 Å². The molecule has 0 N–H and O–H groups in total. The Hall–Kier alpha value is -0.130. The number of amides is 1. The van der Waals surface area contributed by atoms with Crippen molar-refractivity contribution in [3.8, 4) is 0 Å². The zero-order chi connectivity index (χ0) is 15.1. The summed E-state index contributed by atoms with van der Waals surface area (Å²) in [5, 5.41) is 0. The molecule has 19 heavy (non-hydrogen) atoms. The molecule has 0 aromatic carbocycles. The summed E-state index contributed by atoms with van der Waals surface area (Å²) in [5.41, 5.74) is 0. The first-order chi connectivity index (χ1) is 8.64. The number of carbonyl (C=O) groups is 1. The van der Waals surface area contributed by atoms with Crippen LogP contribution < -0.4 is 0 Å². The van der Waals surface area contributed by atoms with Crippen molar-refractivity contribution < 1.29 is 4.79 Å². The second-order valence-electron chi connectivity index (χ2n) is 6.08. The zero-order valence-corrected chi connectivity index (χ0v) is 15.0. The number of nitrogens with zero attached hydrogens (tertiary/aromatic N) is 3. The van der Waals surface area contributed by atoms with Gasteiger partial charge in [-0.3, -0.25) is 4.79 Å². The van der Waals surface area contributed by atoms with Gasteiger partial charge in [-0.2, -0.15) is 0 Å². The van der Waals surface area contributed by atoms with Crippen molar-refractivity contribution in [2.45, 2.75) is 31.0 Å². The van der Waals surface area contributed by atoms with E-state index in [-0.39, 0.29) is 5.91 Å². The van der Waals surface area contributed by atoms with Crippen molar-refractivity contribution in [1.29, 1.82) is 0 Å². The standard InChI is InChI=1S/C14H30BrN3O/c1-14(2,15)13(19)18(11-7-9-16(3)4)12-8-10-17(5)6/h7-12H2,1-6H3. The first-order valence-corrected chi connectivity index (χ1v) is 7.71. The normalized spacial score (nSPS) is 12.3. The largest absolute Gasteiger partial charge is 0.341 e. The molecule has 0 bridgehead atoms. The smallest absolute Gasteiger partial charge is 0.238 e. The maximum atomic E-state index is 12.4. The summed E-state index contributed by atoms with van der Waals surface area (Å²) < 4.78 is -0.469. The molecular weight excluding hydrogens is 306 g/mol. The lowest BCUT2D eigenvalue weighted by Gasteiger charge is -2.29. The highest BCUT2D eigenvalue weighted by molar-refractivity contribution is 9.10. The monoisotopic (exact) mass is 335 g/mol. The Morgan fingerprint density at radius 3 is 1.53 bits per heavy atom. The van der Waals surface area contributed by atoms with Crippen molar-refractivity contribution in [2.24, 2.45) is 0 Å². The predicted molar refractivity (Wildman–Crippen MR) is 85.9 cm³/mol. The van der Waals surface area contributed by atoms with Gasteiger partial charge in [0.1, 0.15) is 0 Å². The minimum absolute atomic E-state index is 0.185. The lowest BCUT2D eigenvalue weighted by molar-refractivity contribution is -0.133. The molecule has 0 aliphatic carbocycles. The van der Waals surface area contributed by atoms with Crippen LogP contribution in [0.1, 0.15) is 26.7 Å². The molecule has 0 unspecified atom stereocenters. The van der Waals surface area contributed by atoms with Crippen molar-refractivity contribution in [1.82, 2.24) is 14.7 Å². The molecule has 0 radical (unpaired) electrons. The average molecular weight is 336 g/mol. The number of halogens is 1. The van der Waals surface area contributed by atoms with Gasteiger partial charge in [0.05, 0.1) is 4.32 Å². The van der Waals surface area contributed by atoms with Crippen LogP contribution in [0.25, 0.3) is 0 Å². The predicted octanol–water partition coefficient (Wildman–Crippen LogP) is 1.89. The molecule has 0 aromatic rings. The van der Waals surface area contributed by atoms with Crippen LogP contribution in [-0.2, 0) is 4.79 Å². The molecule has 0 atom stereocenters. The number of rotatable bonds is 9.